The summed E-state index contributed by atoms with van der Waals surface area (Å²) >= 11 is 0. The third kappa shape index (κ3) is 6.38. The Morgan fingerprint density at radius 3 is 2.49 bits per heavy atom. The SMILES string of the molecule is Cc1ccc(C(C)NC(=O)CCc2nc3cccnc3n2Cc2ccc(OC(F)(F)F)cc2)cc1. The van der Waals surface area contributed by atoms with Gasteiger partial charge in [-0.3, -0.25) is 4.79 Å². The van der Waals surface area contributed by atoms with E-state index in [0.717, 1.165) is 16.7 Å². The quantitative estimate of drug-likeness (QED) is 0.360. The van der Waals surface area contributed by atoms with Crippen molar-refractivity contribution in [3.8, 4) is 5.75 Å². The van der Waals surface area contributed by atoms with Crippen LogP contribution in [0.5, 0.6) is 5.75 Å². The number of pyridine rings is 1. The van der Waals surface area contributed by atoms with Crippen molar-refractivity contribution in [2.24, 2.45) is 0 Å². The lowest BCUT2D eigenvalue weighted by Gasteiger charge is -2.15. The van der Waals surface area contributed by atoms with Crippen molar-refractivity contribution in [3.05, 3.63) is 89.4 Å². The Bertz CT molecular complexity index is 1300. The molecule has 0 bridgehead atoms. The van der Waals surface area contributed by atoms with Crippen LogP contribution in [0.15, 0.2) is 66.9 Å². The predicted molar refractivity (Wildman–Crippen MR) is 126 cm³/mol. The fourth-order valence-electron chi connectivity index (χ4n) is 3.82. The lowest BCUT2D eigenvalue weighted by atomic mass is 10.1. The molecule has 1 atom stereocenters. The molecule has 0 fully saturated rings. The second-order valence-corrected chi connectivity index (χ2v) is 8.35. The minimum Gasteiger partial charge on any atom is -0.406 e. The largest absolute Gasteiger partial charge is 0.573 e. The van der Waals surface area contributed by atoms with E-state index < -0.39 is 6.36 Å². The van der Waals surface area contributed by atoms with Gasteiger partial charge in [0.2, 0.25) is 5.91 Å². The van der Waals surface area contributed by atoms with Gasteiger partial charge in [0.15, 0.2) is 5.65 Å². The Morgan fingerprint density at radius 1 is 1.09 bits per heavy atom. The van der Waals surface area contributed by atoms with Crippen molar-refractivity contribution in [1.29, 1.82) is 0 Å². The molecule has 182 valence electrons. The highest BCUT2D eigenvalue weighted by atomic mass is 19.4. The van der Waals surface area contributed by atoms with Gasteiger partial charge in [0.1, 0.15) is 17.1 Å². The fourth-order valence-corrected chi connectivity index (χ4v) is 3.82. The van der Waals surface area contributed by atoms with Crippen LogP contribution < -0.4 is 10.1 Å². The van der Waals surface area contributed by atoms with Crippen molar-refractivity contribution >= 4 is 17.1 Å². The van der Waals surface area contributed by atoms with Crippen LogP contribution in [0.2, 0.25) is 0 Å². The summed E-state index contributed by atoms with van der Waals surface area (Å²) < 4.78 is 43.1. The van der Waals surface area contributed by atoms with Gasteiger partial charge in [-0.25, -0.2) is 9.97 Å². The van der Waals surface area contributed by atoms with E-state index in [2.05, 4.69) is 20.0 Å². The van der Waals surface area contributed by atoms with Crippen LogP contribution in [0.4, 0.5) is 13.2 Å². The van der Waals surface area contributed by atoms with Crippen molar-refractivity contribution in [2.45, 2.75) is 45.6 Å². The summed E-state index contributed by atoms with van der Waals surface area (Å²) in [5, 5.41) is 3.02. The molecule has 1 unspecified atom stereocenters. The summed E-state index contributed by atoms with van der Waals surface area (Å²) in [5.41, 5.74) is 4.27. The molecule has 2 aromatic heterocycles. The highest BCUT2D eigenvalue weighted by Gasteiger charge is 2.31. The molecule has 4 rings (SSSR count). The number of aryl methyl sites for hydroxylation is 2. The van der Waals surface area contributed by atoms with Gasteiger partial charge in [0.25, 0.3) is 0 Å². The number of aromatic nitrogens is 3. The van der Waals surface area contributed by atoms with Gasteiger partial charge in [0, 0.05) is 19.0 Å². The number of hydrogen-bond donors (Lipinski definition) is 1. The molecule has 0 saturated carbocycles. The minimum absolute atomic E-state index is 0.0988. The topological polar surface area (TPSA) is 69.0 Å². The monoisotopic (exact) mass is 482 g/mol. The number of rotatable bonds is 8. The third-order valence-corrected chi connectivity index (χ3v) is 5.61. The standard InChI is InChI=1S/C26H25F3N4O2/c1-17-5-9-20(10-6-17)18(2)31-24(34)14-13-23-32-22-4-3-15-30-25(22)33(23)16-19-7-11-21(12-8-19)35-26(27,28)29/h3-12,15,18H,13-14,16H2,1-2H3,(H,31,34). The number of fused-ring (bicyclic) bond motifs is 1. The van der Waals surface area contributed by atoms with Crippen molar-refractivity contribution in [1.82, 2.24) is 19.9 Å². The maximum absolute atomic E-state index is 12.6. The summed E-state index contributed by atoms with van der Waals surface area (Å²) in [4.78, 5) is 21.7. The van der Waals surface area contributed by atoms with E-state index in [-0.39, 0.29) is 24.1 Å². The van der Waals surface area contributed by atoms with Gasteiger partial charge in [0.05, 0.1) is 12.6 Å². The van der Waals surface area contributed by atoms with E-state index in [0.29, 0.717) is 30.0 Å². The van der Waals surface area contributed by atoms with Crippen LogP contribution in [0.25, 0.3) is 11.2 Å². The van der Waals surface area contributed by atoms with Gasteiger partial charge in [-0.15, -0.1) is 13.2 Å². The lowest BCUT2D eigenvalue weighted by molar-refractivity contribution is -0.274. The predicted octanol–water partition coefficient (Wildman–Crippen LogP) is 5.50. The molecule has 0 aliphatic carbocycles. The Kier molecular flexibility index (Phi) is 7.04. The normalized spacial score (nSPS) is 12.5. The number of hydrogen-bond acceptors (Lipinski definition) is 4. The van der Waals surface area contributed by atoms with Gasteiger partial charge in [-0.05, 0) is 49.2 Å². The average Bonchev–Trinajstić information content (AvgIpc) is 3.16. The van der Waals surface area contributed by atoms with Crippen molar-refractivity contribution in [3.63, 3.8) is 0 Å². The van der Waals surface area contributed by atoms with Crippen molar-refractivity contribution in [2.75, 3.05) is 0 Å². The molecular weight excluding hydrogens is 457 g/mol. The molecule has 0 radical (unpaired) electrons. The number of carbonyl (C=O) groups excluding carboxylic acids is 1. The molecule has 6 nitrogen and oxygen atoms in total. The minimum atomic E-state index is -4.74. The second-order valence-electron chi connectivity index (χ2n) is 8.35. The van der Waals surface area contributed by atoms with Crippen LogP contribution in [0, 0.1) is 6.92 Å². The number of nitrogens with zero attached hydrogens (tertiary/aromatic N) is 3. The number of alkyl halides is 3. The number of amides is 1. The summed E-state index contributed by atoms with van der Waals surface area (Å²) in [6.07, 6.45) is -2.47. The lowest BCUT2D eigenvalue weighted by Crippen LogP contribution is -2.27. The van der Waals surface area contributed by atoms with Crippen LogP contribution in [-0.2, 0) is 17.8 Å². The first kappa shape index (κ1) is 24.3. The Hall–Kier alpha value is -3.88. The maximum Gasteiger partial charge on any atom is 0.573 e. The summed E-state index contributed by atoms with van der Waals surface area (Å²) in [6, 6.07) is 17.2. The number of nitrogens with one attached hydrogen (secondary N) is 1. The van der Waals surface area contributed by atoms with E-state index in [9.17, 15) is 18.0 Å². The fraction of sp³-hybridized carbons (Fsp3) is 0.269. The van der Waals surface area contributed by atoms with Crippen LogP contribution >= 0.6 is 0 Å². The molecule has 4 aromatic rings. The Balaban J connectivity index is 1.46. The smallest absolute Gasteiger partial charge is 0.406 e. The number of carbonyl (C=O) groups is 1. The first-order valence-electron chi connectivity index (χ1n) is 11.2. The molecule has 2 aromatic carbocycles. The van der Waals surface area contributed by atoms with Crippen molar-refractivity contribution < 1.29 is 22.7 Å². The number of halogens is 3. The van der Waals surface area contributed by atoms with E-state index in [1.807, 2.05) is 48.7 Å². The maximum atomic E-state index is 12.6. The van der Waals surface area contributed by atoms with E-state index in [1.165, 1.54) is 12.1 Å². The van der Waals surface area contributed by atoms with Gasteiger partial charge in [-0.2, -0.15) is 0 Å². The molecule has 35 heavy (non-hydrogen) atoms. The number of ether oxygens (including phenoxy) is 1. The zero-order valence-corrected chi connectivity index (χ0v) is 19.3. The molecule has 0 aliphatic heterocycles. The van der Waals surface area contributed by atoms with Crippen LogP contribution in [-0.4, -0.2) is 26.8 Å². The summed E-state index contributed by atoms with van der Waals surface area (Å²) in [6.45, 7) is 4.29. The molecule has 0 aliphatic rings. The zero-order chi connectivity index (χ0) is 25.0. The first-order chi connectivity index (χ1) is 16.7. The second kappa shape index (κ2) is 10.2. The third-order valence-electron chi connectivity index (χ3n) is 5.61. The highest BCUT2D eigenvalue weighted by molar-refractivity contribution is 5.77. The zero-order valence-electron chi connectivity index (χ0n) is 19.3. The molecule has 9 heteroatoms. The highest BCUT2D eigenvalue weighted by Crippen LogP contribution is 2.24. The molecule has 2 heterocycles. The van der Waals surface area contributed by atoms with E-state index in [4.69, 9.17) is 0 Å². The Morgan fingerprint density at radius 2 is 1.80 bits per heavy atom. The summed E-state index contributed by atoms with van der Waals surface area (Å²) in [5.74, 6) is 0.292. The van der Waals surface area contributed by atoms with Crippen LogP contribution in [0.1, 0.15) is 41.9 Å². The molecular formula is C26H25F3N4O2. The first-order valence-corrected chi connectivity index (χ1v) is 11.2. The number of benzene rings is 2. The molecule has 0 spiro atoms. The van der Waals surface area contributed by atoms with Crippen LogP contribution in [0.3, 0.4) is 0 Å². The molecule has 0 saturated heterocycles. The van der Waals surface area contributed by atoms with Gasteiger partial charge in [-0.1, -0.05) is 42.0 Å². The average molecular weight is 483 g/mol. The molecule has 1 amide bonds. The summed E-state index contributed by atoms with van der Waals surface area (Å²) in [7, 11) is 0. The van der Waals surface area contributed by atoms with E-state index in [1.54, 1.807) is 24.4 Å². The van der Waals surface area contributed by atoms with Gasteiger partial charge >= 0.3 is 6.36 Å². The van der Waals surface area contributed by atoms with Gasteiger partial charge < -0.3 is 14.6 Å². The molecule has 1 N–H and O–H groups in total. The Labute approximate surface area is 200 Å². The number of imidazole rings is 1. The van der Waals surface area contributed by atoms with E-state index >= 15 is 0 Å².